The van der Waals surface area contributed by atoms with Crippen LogP contribution in [0.2, 0.25) is 0 Å². The van der Waals surface area contributed by atoms with Crippen molar-refractivity contribution in [2.24, 2.45) is 0 Å². The van der Waals surface area contributed by atoms with Gasteiger partial charge >= 0.3 is 6.18 Å². The Balaban J connectivity index is 2.11. The number of aliphatic hydroxyl groups is 1. The lowest BCUT2D eigenvalue weighted by atomic mass is 10.1. The average Bonchev–Trinajstić information content (AvgIpc) is 2.44. The van der Waals surface area contributed by atoms with E-state index in [1.54, 1.807) is 18.3 Å². The Morgan fingerprint density at radius 2 is 2.09 bits per heavy atom. The second-order valence-electron chi connectivity index (χ2n) is 4.83. The van der Waals surface area contributed by atoms with E-state index in [0.717, 1.165) is 0 Å². The molecule has 0 spiro atoms. The van der Waals surface area contributed by atoms with E-state index in [4.69, 9.17) is 5.73 Å². The monoisotopic (exact) mass is 315 g/mol. The number of nitrogens with zero attached hydrogens (tertiary/aromatic N) is 3. The Morgan fingerprint density at radius 1 is 1.32 bits per heavy atom. The van der Waals surface area contributed by atoms with Gasteiger partial charge in [0, 0.05) is 12.6 Å². The van der Waals surface area contributed by atoms with E-state index < -0.39 is 18.6 Å². The maximum absolute atomic E-state index is 12.2. The highest BCUT2D eigenvalue weighted by atomic mass is 19.4. The van der Waals surface area contributed by atoms with Crippen LogP contribution in [0.25, 0.3) is 11.0 Å². The minimum Gasteiger partial charge on any atom is -0.394 e. The standard InChI is InChI=1S/C13H16F3N5O/c14-13(15,16)5-1-3-8(7-22)19-11-10-9(4-2-6-18-10)20-12(17)21-11/h2,4,6,8,22H,1,3,5,7H2,(H3,17,19,20,21). The average molecular weight is 315 g/mol. The lowest BCUT2D eigenvalue weighted by Crippen LogP contribution is -2.25. The van der Waals surface area contributed by atoms with Gasteiger partial charge in [-0.3, -0.25) is 4.98 Å². The minimum atomic E-state index is -4.20. The third-order valence-corrected chi connectivity index (χ3v) is 3.05. The van der Waals surface area contributed by atoms with Crippen molar-refractivity contribution in [3.8, 4) is 0 Å². The molecule has 9 heteroatoms. The SMILES string of the molecule is Nc1nc(NC(CO)CCCC(F)(F)F)c2ncccc2n1. The molecule has 0 saturated carbocycles. The Hall–Kier alpha value is -2.16. The van der Waals surface area contributed by atoms with Crippen LogP contribution in [0.15, 0.2) is 18.3 Å². The highest BCUT2D eigenvalue weighted by Crippen LogP contribution is 2.24. The fraction of sp³-hybridized carbons (Fsp3) is 0.462. The van der Waals surface area contributed by atoms with Crippen molar-refractivity contribution in [1.29, 1.82) is 0 Å². The third-order valence-electron chi connectivity index (χ3n) is 3.05. The summed E-state index contributed by atoms with van der Waals surface area (Å²) in [5.41, 5.74) is 6.57. The van der Waals surface area contributed by atoms with Gasteiger partial charge in [0.2, 0.25) is 5.95 Å². The predicted octanol–water partition coefficient (Wildman–Crippen LogP) is 2.11. The molecule has 2 aromatic heterocycles. The van der Waals surface area contributed by atoms with Gasteiger partial charge in [0.1, 0.15) is 5.52 Å². The molecule has 0 aromatic carbocycles. The number of rotatable bonds is 6. The zero-order chi connectivity index (χ0) is 16.2. The topological polar surface area (TPSA) is 97.0 Å². The highest BCUT2D eigenvalue weighted by Gasteiger charge is 2.26. The number of fused-ring (bicyclic) bond motifs is 1. The summed E-state index contributed by atoms with van der Waals surface area (Å²) >= 11 is 0. The number of nitrogen functional groups attached to an aromatic ring is 1. The Kier molecular flexibility index (Phi) is 4.96. The Labute approximate surface area is 124 Å². The first-order valence-corrected chi connectivity index (χ1v) is 6.71. The zero-order valence-electron chi connectivity index (χ0n) is 11.6. The molecule has 0 radical (unpaired) electrons. The van der Waals surface area contributed by atoms with Crippen LogP contribution in [0.4, 0.5) is 24.9 Å². The quantitative estimate of drug-likeness (QED) is 0.755. The molecule has 0 aliphatic carbocycles. The molecule has 0 amide bonds. The summed E-state index contributed by atoms with van der Waals surface area (Å²) in [6.07, 6.45) is -3.49. The zero-order valence-corrected chi connectivity index (χ0v) is 11.6. The highest BCUT2D eigenvalue weighted by molar-refractivity contribution is 5.85. The van der Waals surface area contributed by atoms with E-state index in [9.17, 15) is 18.3 Å². The van der Waals surface area contributed by atoms with Crippen LogP contribution in [-0.2, 0) is 0 Å². The minimum absolute atomic E-state index is 0.0231. The molecule has 2 aromatic rings. The number of hydrogen-bond donors (Lipinski definition) is 3. The second kappa shape index (κ2) is 6.73. The summed E-state index contributed by atoms with van der Waals surface area (Å²) in [6.45, 7) is -0.323. The van der Waals surface area contributed by atoms with E-state index in [2.05, 4.69) is 20.3 Å². The predicted molar refractivity (Wildman–Crippen MR) is 76.1 cm³/mol. The molecule has 2 rings (SSSR count). The van der Waals surface area contributed by atoms with Crippen molar-refractivity contribution >= 4 is 22.8 Å². The lowest BCUT2D eigenvalue weighted by Gasteiger charge is -2.18. The van der Waals surface area contributed by atoms with Crippen molar-refractivity contribution in [3.63, 3.8) is 0 Å². The Bertz CT molecular complexity index is 635. The summed E-state index contributed by atoms with van der Waals surface area (Å²) in [5, 5.41) is 12.2. The molecule has 22 heavy (non-hydrogen) atoms. The largest absolute Gasteiger partial charge is 0.394 e. The molecular weight excluding hydrogens is 299 g/mol. The number of nitrogens with one attached hydrogen (secondary N) is 1. The molecule has 0 aliphatic rings. The van der Waals surface area contributed by atoms with Crippen molar-refractivity contribution in [2.75, 3.05) is 17.7 Å². The molecule has 1 unspecified atom stereocenters. The first kappa shape index (κ1) is 16.2. The van der Waals surface area contributed by atoms with Crippen LogP contribution in [-0.4, -0.2) is 38.9 Å². The number of aliphatic hydroxyl groups excluding tert-OH is 1. The number of aromatic nitrogens is 3. The van der Waals surface area contributed by atoms with E-state index in [1.807, 2.05) is 0 Å². The number of hydrogen-bond acceptors (Lipinski definition) is 6. The van der Waals surface area contributed by atoms with Gasteiger partial charge in [0.15, 0.2) is 5.82 Å². The fourth-order valence-corrected chi connectivity index (χ4v) is 2.04. The molecule has 0 saturated heterocycles. The molecule has 120 valence electrons. The van der Waals surface area contributed by atoms with Crippen LogP contribution in [0.5, 0.6) is 0 Å². The van der Waals surface area contributed by atoms with Crippen LogP contribution in [0, 0.1) is 0 Å². The number of anilines is 2. The number of halogens is 3. The molecule has 0 fully saturated rings. The van der Waals surface area contributed by atoms with Crippen molar-refractivity contribution in [2.45, 2.75) is 31.5 Å². The molecule has 4 N–H and O–H groups in total. The molecule has 0 bridgehead atoms. The number of alkyl halides is 3. The van der Waals surface area contributed by atoms with Crippen molar-refractivity contribution in [3.05, 3.63) is 18.3 Å². The number of nitrogens with two attached hydrogens (primary N) is 1. The lowest BCUT2D eigenvalue weighted by molar-refractivity contribution is -0.135. The van der Waals surface area contributed by atoms with Gasteiger partial charge in [-0.2, -0.15) is 18.2 Å². The molecule has 1 atom stereocenters. The van der Waals surface area contributed by atoms with Crippen LogP contribution < -0.4 is 11.1 Å². The smallest absolute Gasteiger partial charge is 0.389 e. The van der Waals surface area contributed by atoms with E-state index in [1.165, 1.54) is 0 Å². The molecular formula is C13H16F3N5O. The molecule has 2 heterocycles. The van der Waals surface area contributed by atoms with Crippen LogP contribution in [0.3, 0.4) is 0 Å². The van der Waals surface area contributed by atoms with E-state index in [0.29, 0.717) is 16.9 Å². The van der Waals surface area contributed by atoms with Gasteiger partial charge in [-0.25, -0.2) is 4.98 Å². The van der Waals surface area contributed by atoms with Gasteiger partial charge in [0.05, 0.1) is 18.2 Å². The first-order chi connectivity index (χ1) is 10.4. The summed E-state index contributed by atoms with van der Waals surface area (Å²) < 4.78 is 36.5. The van der Waals surface area contributed by atoms with Crippen LogP contribution in [0.1, 0.15) is 19.3 Å². The maximum Gasteiger partial charge on any atom is 0.389 e. The van der Waals surface area contributed by atoms with Gasteiger partial charge in [0.25, 0.3) is 0 Å². The second-order valence-corrected chi connectivity index (χ2v) is 4.83. The van der Waals surface area contributed by atoms with Gasteiger partial charge < -0.3 is 16.2 Å². The maximum atomic E-state index is 12.2. The normalized spacial score (nSPS) is 13.3. The van der Waals surface area contributed by atoms with Gasteiger partial charge in [-0.05, 0) is 25.0 Å². The van der Waals surface area contributed by atoms with Gasteiger partial charge in [-0.15, -0.1) is 0 Å². The van der Waals surface area contributed by atoms with Crippen molar-refractivity contribution in [1.82, 2.24) is 15.0 Å². The third kappa shape index (κ3) is 4.42. The number of pyridine rings is 1. The van der Waals surface area contributed by atoms with E-state index >= 15 is 0 Å². The molecule has 6 nitrogen and oxygen atoms in total. The van der Waals surface area contributed by atoms with Gasteiger partial charge in [-0.1, -0.05) is 0 Å². The Morgan fingerprint density at radius 3 is 2.77 bits per heavy atom. The molecule has 0 aliphatic heterocycles. The van der Waals surface area contributed by atoms with Crippen LogP contribution >= 0.6 is 0 Å². The van der Waals surface area contributed by atoms with Crippen molar-refractivity contribution < 1.29 is 18.3 Å². The summed E-state index contributed by atoms with van der Waals surface area (Å²) in [6, 6.07) is 2.82. The van der Waals surface area contributed by atoms with E-state index in [-0.39, 0.29) is 25.4 Å². The summed E-state index contributed by atoms with van der Waals surface area (Å²) in [5.74, 6) is 0.323. The summed E-state index contributed by atoms with van der Waals surface area (Å²) in [7, 11) is 0. The fourth-order valence-electron chi connectivity index (χ4n) is 2.04. The summed E-state index contributed by atoms with van der Waals surface area (Å²) in [4.78, 5) is 12.1. The first-order valence-electron chi connectivity index (χ1n) is 6.71.